The van der Waals surface area contributed by atoms with Crippen molar-refractivity contribution in [3.05, 3.63) is 35.9 Å². The molecule has 2 aliphatic carbocycles. The zero-order valence-electron chi connectivity index (χ0n) is 22.1. The van der Waals surface area contributed by atoms with E-state index in [2.05, 4.69) is 19.4 Å². The van der Waals surface area contributed by atoms with Crippen molar-refractivity contribution in [2.24, 2.45) is 11.8 Å². The Kier molecular flexibility index (Phi) is 11.4. The van der Waals surface area contributed by atoms with E-state index in [9.17, 15) is 9.59 Å². The molecule has 37 heavy (non-hydrogen) atoms. The van der Waals surface area contributed by atoms with Gasteiger partial charge in [-0.05, 0) is 51.4 Å². The first-order valence-electron chi connectivity index (χ1n) is 11.9. The first-order chi connectivity index (χ1) is 17.6. The first kappa shape index (κ1) is 29.6. The molecule has 0 aromatic carbocycles. The number of nitrogens with zero attached hydrogens (tertiary/aromatic N) is 2. The van der Waals surface area contributed by atoms with Gasteiger partial charge in [0.25, 0.3) is 0 Å². The van der Waals surface area contributed by atoms with Gasteiger partial charge in [0, 0.05) is 12.1 Å². The third kappa shape index (κ3) is 9.41. The van der Waals surface area contributed by atoms with E-state index in [0.717, 1.165) is 6.20 Å². The lowest BCUT2D eigenvalue weighted by Gasteiger charge is -2.16. The van der Waals surface area contributed by atoms with Crippen LogP contribution < -0.4 is 14.2 Å². The summed E-state index contributed by atoms with van der Waals surface area (Å²) in [6, 6.07) is 2.84. The van der Waals surface area contributed by atoms with E-state index in [-0.39, 0.29) is 35.1 Å². The Balaban J connectivity index is 0.000000220. The summed E-state index contributed by atoms with van der Waals surface area (Å²) in [4.78, 5) is 30.0. The summed E-state index contributed by atoms with van der Waals surface area (Å²) in [5.41, 5.74) is 0.304. The lowest BCUT2D eigenvalue weighted by molar-refractivity contribution is 0.0584. The van der Waals surface area contributed by atoms with Crippen molar-refractivity contribution in [1.82, 2.24) is 9.97 Å². The number of pyridine rings is 2. The molecule has 2 heterocycles. The Morgan fingerprint density at radius 3 is 1.70 bits per heavy atom. The van der Waals surface area contributed by atoms with Crippen molar-refractivity contribution in [3.8, 4) is 23.0 Å². The number of aromatic hydroxyl groups is 1. The zero-order valence-corrected chi connectivity index (χ0v) is 22.1. The molecule has 2 atom stereocenters. The van der Waals surface area contributed by atoms with Crippen LogP contribution in [0.4, 0.5) is 0 Å². The second-order valence-corrected chi connectivity index (χ2v) is 8.68. The third-order valence-electron chi connectivity index (χ3n) is 5.81. The Morgan fingerprint density at radius 2 is 1.30 bits per heavy atom. The minimum Gasteiger partial charge on any atom is -0.503 e. The van der Waals surface area contributed by atoms with E-state index in [4.69, 9.17) is 24.4 Å². The molecule has 11 nitrogen and oxygen atoms in total. The van der Waals surface area contributed by atoms with Crippen LogP contribution in [0.1, 0.15) is 60.5 Å². The van der Waals surface area contributed by atoms with Crippen LogP contribution in [-0.2, 0) is 9.47 Å². The summed E-state index contributed by atoms with van der Waals surface area (Å²) < 4.78 is 24.8. The molecule has 0 spiro atoms. The highest BCUT2D eigenvalue weighted by atomic mass is 16.5. The Labute approximate surface area is 216 Å². The van der Waals surface area contributed by atoms with E-state index in [1.165, 1.54) is 72.5 Å². The second-order valence-electron chi connectivity index (χ2n) is 8.68. The van der Waals surface area contributed by atoms with Gasteiger partial charge in [-0.2, -0.15) is 0 Å². The summed E-state index contributed by atoms with van der Waals surface area (Å²) in [6.07, 6.45) is 7.65. The van der Waals surface area contributed by atoms with Crippen LogP contribution in [0.3, 0.4) is 0 Å². The number of carbonyl (C=O) groups is 2. The number of ether oxygens (including phenoxy) is 5. The first-order valence-corrected chi connectivity index (χ1v) is 11.9. The van der Waals surface area contributed by atoms with Crippen molar-refractivity contribution in [2.75, 3.05) is 28.4 Å². The van der Waals surface area contributed by atoms with E-state index < -0.39 is 11.9 Å². The van der Waals surface area contributed by atoms with Crippen LogP contribution in [-0.4, -0.2) is 72.8 Å². The van der Waals surface area contributed by atoms with Crippen molar-refractivity contribution < 1.29 is 43.5 Å². The molecule has 2 N–H and O–H groups in total. The highest BCUT2D eigenvalue weighted by Crippen LogP contribution is 2.37. The van der Waals surface area contributed by atoms with Gasteiger partial charge in [-0.15, -0.1) is 0 Å². The number of hydrogen-bond donors (Lipinski definition) is 2. The van der Waals surface area contributed by atoms with E-state index in [0.29, 0.717) is 23.3 Å². The van der Waals surface area contributed by atoms with Crippen LogP contribution in [0.5, 0.6) is 23.0 Å². The normalized spacial score (nSPS) is 15.4. The fourth-order valence-corrected chi connectivity index (χ4v) is 3.14. The van der Waals surface area contributed by atoms with Crippen LogP contribution in [0.25, 0.3) is 0 Å². The lowest BCUT2D eigenvalue weighted by atomic mass is 10.2. The monoisotopic (exact) mass is 520 g/mol. The number of hydrogen-bond acceptors (Lipinski definition) is 11. The molecule has 0 unspecified atom stereocenters. The van der Waals surface area contributed by atoms with Gasteiger partial charge in [0.15, 0.2) is 34.4 Å². The van der Waals surface area contributed by atoms with Gasteiger partial charge in [0.1, 0.15) is 0 Å². The number of aliphatic hydroxyl groups is 1. The quantitative estimate of drug-likeness (QED) is 0.494. The summed E-state index contributed by atoms with van der Waals surface area (Å²) in [5, 5.41) is 17.8. The summed E-state index contributed by atoms with van der Waals surface area (Å²) in [7, 11) is 5.49. The van der Waals surface area contributed by atoms with Gasteiger partial charge in [0.05, 0.1) is 53.0 Å². The molecule has 4 rings (SSSR count). The van der Waals surface area contributed by atoms with E-state index in [1.54, 1.807) is 0 Å². The maximum Gasteiger partial charge on any atom is 0.356 e. The highest BCUT2D eigenvalue weighted by molar-refractivity contribution is 5.88. The number of rotatable bonds is 8. The molecule has 204 valence electrons. The number of aliphatic hydroxyl groups excluding tert-OH is 1. The van der Waals surface area contributed by atoms with Gasteiger partial charge < -0.3 is 33.9 Å². The number of esters is 2. The van der Waals surface area contributed by atoms with Crippen molar-refractivity contribution in [3.63, 3.8) is 0 Å². The molecule has 0 bridgehead atoms. The summed E-state index contributed by atoms with van der Waals surface area (Å²) in [6.45, 7) is 3.89. The average molecular weight is 521 g/mol. The molecular formula is C26H36N2O9. The third-order valence-corrected chi connectivity index (χ3v) is 5.81. The molecule has 0 radical (unpaired) electrons. The molecule has 2 aromatic rings. The number of aromatic nitrogens is 2. The minimum absolute atomic E-state index is 0.0370. The zero-order chi connectivity index (χ0) is 27.5. The van der Waals surface area contributed by atoms with Crippen molar-refractivity contribution >= 4 is 11.9 Å². The molecular weight excluding hydrogens is 484 g/mol. The SMILES string of the molecule is COC(=O)c1cc(OC)c(O)cn1.COC(=O)c1cc(OC)c(O[C@@H](C)C2CC2)cn1.C[C@@H](O)C1CC1. The highest BCUT2D eigenvalue weighted by Gasteiger charge is 2.30. The minimum atomic E-state index is -0.571. The molecule has 0 aliphatic heterocycles. The Bertz CT molecular complexity index is 1040. The standard InChI is InChI=1S/C13H17NO4.C8H9NO4.C5H10O/c1-8(9-4-5-9)18-12-7-14-10(13(15)17-3)6-11(12)16-2;1-12-7-3-5(8(11)13-2)9-4-6(7)10;1-4(6)5-2-3-5/h6-9H,4-5H2,1-3H3;3-4,10H,1-2H3;4-6H,2-3H2,1H3/t8-;;4-/m0.1/s1. The summed E-state index contributed by atoms with van der Waals surface area (Å²) >= 11 is 0. The topological polar surface area (TPSA) is 147 Å². The number of methoxy groups -OCH3 is 4. The van der Waals surface area contributed by atoms with Gasteiger partial charge in [-0.3, -0.25) is 0 Å². The molecule has 0 amide bonds. The van der Waals surface area contributed by atoms with Crippen LogP contribution in [0.15, 0.2) is 24.5 Å². The number of carbonyl (C=O) groups excluding carboxylic acids is 2. The fourth-order valence-electron chi connectivity index (χ4n) is 3.14. The maximum absolute atomic E-state index is 11.4. The predicted molar refractivity (Wildman–Crippen MR) is 133 cm³/mol. The van der Waals surface area contributed by atoms with Crippen molar-refractivity contribution in [1.29, 1.82) is 0 Å². The molecule has 2 fully saturated rings. The average Bonchev–Trinajstić information content (AvgIpc) is 3.81. The van der Waals surface area contributed by atoms with Gasteiger partial charge in [-0.1, -0.05) is 0 Å². The molecule has 2 aromatic heterocycles. The molecule has 0 saturated heterocycles. The fraction of sp³-hybridized carbons (Fsp3) is 0.538. The molecule has 2 saturated carbocycles. The van der Waals surface area contributed by atoms with Crippen molar-refractivity contribution in [2.45, 2.75) is 51.7 Å². The second kappa shape index (κ2) is 14.2. The lowest BCUT2D eigenvalue weighted by Crippen LogP contribution is -2.15. The molecule has 2 aliphatic rings. The van der Waals surface area contributed by atoms with Gasteiger partial charge in [-0.25, -0.2) is 19.6 Å². The summed E-state index contributed by atoms with van der Waals surface area (Å²) in [5.74, 6) is 1.35. The Hall–Kier alpha value is -3.60. The molecule has 11 heteroatoms. The smallest absolute Gasteiger partial charge is 0.356 e. The maximum atomic E-state index is 11.4. The van der Waals surface area contributed by atoms with E-state index >= 15 is 0 Å². The Morgan fingerprint density at radius 1 is 0.811 bits per heavy atom. The predicted octanol–water partition coefficient (Wildman–Crippen LogP) is 3.41. The van der Waals surface area contributed by atoms with Gasteiger partial charge in [0.2, 0.25) is 0 Å². The van der Waals surface area contributed by atoms with Crippen LogP contribution in [0, 0.1) is 11.8 Å². The van der Waals surface area contributed by atoms with Crippen LogP contribution in [0.2, 0.25) is 0 Å². The largest absolute Gasteiger partial charge is 0.503 e. The van der Waals surface area contributed by atoms with E-state index in [1.807, 2.05) is 13.8 Å². The van der Waals surface area contributed by atoms with Gasteiger partial charge >= 0.3 is 11.9 Å². The van der Waals surface area contributed by atoms with Crippen LogP contribution >= 0.6 is 0 Å².